The van der Waals surface area contributed by atoms with E-state index in [9.17, 15) is 0 Å². The van der Waals surface area contributed by atoms with Crippen LogP contribution in [0.1, 0.15) is 23.9 Å². The molecule has 3 rings (SSSR count). The van der Waals surface area contributed by atoms with Crippen LogP contribution in [0, 0.1) is 13.8 Å². The molecule has 3 aromatic rings. The van der Waals surface area contributed by atoms with E-state index < -0.39 is 0 Å². The number of aryl methyl sites for hydroxylation is 2. The largest absolute Gasteiger partial charge is 0.358 e. The summed E-state index contributed by atoms with van der Waals surface area (Å²) in [5, 5.41) is 14.1. The van der Waals surface area contributed by atoms with Crippen molar-refractivity contribution in [3.63, 3.8) is 0 Å². The maximum absolute atomic E-state index is 5.47. The van der Waals surface area contributed by atoms with Crippen LogP contribution >= 0.6 is 12.2 Å². The summed E-state index contributed by atoms with van der Waals surface area (Å²) in [5.41, 5.74) is 4.47. The Kier molecular flexibility index (Phi) is 4.81. The highest BCUT2D eigenvalue weighted by atomic mass is 32.1. The van der Waals surface area contributed by atoms with Crippen molar-refractivity contribution < 1.29 is 0 Å². The van der Waals surface area contributed by atoms with Gasteiger partial charge in [0.05, 0.1) is 5.69 Å². The predicted octanol–water partition coefficient (Wildman–Crippen LogP) is 4.16. The molecule has 0 radical (unpaired) electrons. The average Bonchev–Trinajstić information content (AvgIpc) is 2.87. The molecule has 0 fully saturated rings. The molecule has 0 bridgehead atoms. The van der Waals surface area contributed by atoms with Crippen molar-refractivity contribution in [1.82, 2.24) is 15.1 Å². The Bertz CT molecular complexity index is 877. The number of hydrogen-bond donors (Lipinski definition) is 2. The van der Waals surface area contributed by atoms with Gasteiger partial charge in [-0.1, -0.05) is 36.4 Å². The average molecular weight is 338 g/mol. The van der Waals surface area contributed by atoms with Crippen molar-refractivity contribution >= 4 is 33.8 Å². The molecule has 0 aliphatic heterocycles. The van der Waals surface area contributed by atoms with Gasteiger partial charge in [-0.15, -0.1) is 0 Å². The van der Waals surface area contributed by atoms with Gasteiger partial charge in [-0.25, -0.2) is 0 Å². The molecule has 2 N–H and O–H groups in total. The van der Waals surface area contributed by atoms with Gasteiger partial charge in [0.25, 0.3) is 0 Å². The highest BCUT2D eigenvalue weighted by Gasteiger charge is 2.11. The van der Waals surface area contributed by atoms with Gasteiger partial charge in [0.15, 0.2) is 5.11 Å². The molecule has 0 unspecified atom stereocenters. The first-order valence-corrected chi connectivity index (χ1v) is 8.56. The van der Waals surface area contributed by atoms with E-state index in [1.807, 2.05) is 35.9 Å². The molecule has 0 aliphatic rings. The van der Waals surface area contributed by atoms with Crippen molar-refractivity contribution in [2.24, 2.45) is 0 Å². The molecule has 2 aromatic carbocycles. The third-order valence-corrected chi connectivity index (χ3v) is 4.54. The molecular weight excluding hydrogens is 316 g/mol. The maximum Gasteiger partial charge on any atom is 0.171 e. The first-order chi connectivity index (χ1) is 11.6. The molecule has 0 spiro atoms. The summed E-state index contributed by atoms with van der Waals surface area (Å²) < 4.78 is 2.02. The monoisotopic (exact) mass is 338 g/mol. The lowest BCUT2D eigenvalue weighted by Gasteiger charge is -2.13. The van der Waals surface area contributed by atoms with Crippen LogP contribution in [0.4, 0.5) is 5.69 Å². The Balaban J connectivity index is 1.71. The van der Waals surface area contributed by atoms with Crippen molar-refractivity contribution in [3.8, 4) is 0 Å². The molecule has 5 heteroatoms. The number of nitrogens with zero attached hydrogens (tertiary/aromatic N) is 2. The SMILES string of the molecule is CCn1nc(C)c(CNC(=S)Nc2cccc3ccccc23)c1C. The van der Waals surface area contributed by atoms with E-state index in [0.29, 0.717) is 11.7 Å². The zero-order chi connectivity index (χ0) is 17.1. The quantitative estimate of drug-likeness (QED) is 0.701. The third kappa shape index (κ3) is 3.26. The minimum absolute atomic E-state index is 0.620. The molecule has 0 aliphatic carbocycles. The zero-order valence-corrected chi connectivity index (χ0v) is 15.1. The second kappa shape index (κ2) is 7.01. The van der Waals surface area contributed by atoms with Crippen LogP contribution in [0.2, 0.25) is 0 Å². The Morgan fingerprint density at radius 3 is 2.62 bits per heavy atom. The molecule has 0 saturated heterocycles. The van der Waals surface area contributed by atoms with Crippen molar-refractivity contribution in [1.29, 1.82) is 0 Å². The standard InChI is InChI=1S/C19H22N4S/c1-4-23-14(3)17(13(2)22-23)12-20-19(24)21-18-11-7-9-15-8-5-6-10-16(15)18/h5-11H,4,12H2,1-3H3,(H2,20,21,24). The molecule has 24 heavy (non-hydrogen) atoms. The van der Waals surface area contributed by atoms with Gasteiger partial charge in [-0.2, -0.15) is 5.10 Å². The van der Waals surface area contributed by atoms with Crippen LogP contribution in [-0.2, 0) is 13.1 Å². The van der Waals surface area contributed by atoms with Gasteiger partial charge in [0.2, 0.25) is 0 Å². The van der Waals surface area contributed by atoms with Crippen molar-refractivity contribution in [2.75, 3.05) is 5.32 Å². The molecule has 0 saturated carbocycles. The summed E-state index contributed by atoms with van der Waals surface area (Å²) in [6.45, 7) is 7.79. The summed E-state index contributed by atoms with van der Waals surface area (Å²) >= 11 is 5.47. The fourth-order valence-electron chi connectivity index (χ4n) is 2.97. The maximum atomic E-state index is 5.47. The molecule has 1 heterocycles. The molecule has 0 amide bonds. The predicted molar refractivity (Wildman–Crippen MR) is 104 cm³/mol. The van der Waals surface area contributed by atoms with Gasteiger partial charge in [0.1, 0.15) is 0 Å². The molecule has 1 aromatic heterocycles. The highest BCUT2D eigenvalue weighted by molar-refractivity contribution is 7.80. The lowest BCUT2D eigenvalue weighted by atomic mass is 10.1. The van der Waals surface area contributed by atoms with Gasteiger partial charge in [0, 0.05) is 35.4 Å². The number of nitrogens with one attached hydrogen (secondary N) is 2. The van der Waals surface area contributed by atoms with E-state index in [0.717, 1.165) is 23.3 Å². The van der Waals surface area contributed by atoms with E-state index in [4.69, 9.17) is 12.2 Å². The fourth-order valence-corrected chi connectivity index (χ4v) is 3.15. The van der Waals surface area contributed by atoms with Gasteiger partial charge < -0.3 is 10.6 Å². The smallest absolute Gasteiger partial charge is 0.171 e. The fraction of sp³-hybridized carbons (Fsp3) is 0.263. The van der Waals surface area contributed by atoms with Crippen molar-refractivity contribution in [3.05, 3.63) is 59.4 Å². The van der Waals surface area contributed by atoms with E-state index in [1.54, 1.807) is 0 Å². The lowest BCUT2D eigenvalue weighted by molar-refractivity contribution is 0.633. The van der Waals surface area contributed by atoms with Crippen LogP contribution in [0.5, 0.6) is 0 Å². The van der Waals surface area contributed by atoms with Gasteiger partial charge in [-0.05, 0) is 44.4 Å². The topological polar surface area (TPSA) is 41.9 Å². The second-order valence-electron chi connectivity index (χ2n) is 5.80. The van der Waals surface area contributed by atoms with Gasteiger partial charge >= 0.3 is 0 Å². The lowest BCUT2D eigenvalue weighted by Crippen LogP contribution is -2.28. The third-order valence-electron chi connectivity index (χ3n) is 4.29. The van der Waals surface area contributed by atoms with Gasteiger partial charge in [-0.3, -0.25) is 4.68 Å². The summed E-state index contributed by atoms with van der Waals surface area (Å²) in [6, 6.07) is 14.5. The Morgan fingerprint density at radius 1 is 1.12 bits per heavy atom. The first kappa shape index (κ1) is 16.5. The zero-order valence-electron chi connectivity index (χ0n) is 14.3. The number of benzene rings is 2. The molecule has 124 valence electrons. The number of rotatable bonds is 4. The van der Waals surface area contributed by atoms with Crippen molar-refractivity contribution in [2.45, 2.75) is 33.9 Å². The number of anilines is 1. The summed E-state index contributed by atoms with van der Waals surface area (Å²) in [7, 11) is 0. The first-order valence-electron chi connectivity index (χ1n) is 8.15. The van der Waals surface area contributed by atoms with E-state index in [2.05, 4.69) is 47.8 Å². The molecule has 4 nitrogen and oxygen atoms in total. The summed E-state index contributed by atoms with van der Waals surface area (Å²) in [4.78, 5) is 0. The van der Waals surface area contributed by atoms with Crippen LogP contribution in [-0.4, -0.2) is 14.9 Å². The number of hydrogen-bond acceptors (Lipinski definition) is 2. The molecule has 0 atom stereocenters. The number of aromatic nitrogens is 2. The van der Waals surface area contributed by atoms with E-state index in [-0.39, 0.29) is 0 Å². The Labute approximate surface area is 147 Å². The van der Waals surface area contributed by atoms with Crippen LogP contribution < -0.4 is 10.6 Å². The summed E-state index contributed by atoms with van der Waals surface area (Å²) in [5.74, 6) is 0. The van der Waals surface area contributed by atoms with E-state index in [1.165, 1.54) is 16.6 Å². The van der Waals surface area contributed by atoms with E-state index >= 15 is 0 Å². The normalized spacial score (nSPS) is 10.8. The number of thiocarbonyl (C=S) groups is 1. The highest BCUT2D eigenvalue weighted by Crippen LogP contribution is 2.22. The van der Waals surface area contributed by atoms with Crippen LogP contribution in [0.25, 0.3) is 10.8 Å². The van der Waals surface area contributed by atoms with Crippen LogP contribution in [0.15, 0.2) is 42.5 Å². The number of fused-ring (bicyclic) bond motifs is 1. The minimum Gasteiger partial charge on any atom is -0.358 e. The molecular formula is C19H22N4S. The summed E-state index contributed by atoms with van der Waals surface area (Å²) in [6.07, 6.45) is 0. The second-order valence-corrected chi connectivity index (χ2v) is 6.21. The Morgan fingerprint density at radius 2 is 1.88 bits per heavy atom. The van der Waals surface area contributed by atoms with Crippen LogP contribution in [0.3, 0.4) is 0 Å². The minimum atomic E-state index is 0.620. The Hall–Kier alpha value is -2.40.